The maximum Gasteiger partial charge on any atom is 0.275 e. The first kappa shape index (κ1) is 19.8. The minimum atomic E-state index is -0.120. The zero-order valence-corrected chi connectivity index (χ0v) is 17.2. The van der Waals surface area contributed by atoms with Gasteiger partial charge in [0.15, 0.2) is 0 Å². The molecule has 0 spiro atoms. The Morgan fingerprint density at radius 2 is 2.11 bits per heavy atom. The van der Waals surface area contributed by atoms with Gasteiger partial charge in [0, 0.05) is 37.3 Å². The number of anilines is 1. The van der Waals surface area contributed by atoms with Crippen molar-refractivity contribution in [2.75, 3.05) is 24.5 Å². The quantitative estimate of drug-likeness (QED) is 0.784. The zero-order chi connectivity index (χ0) is 19.4. The highest BCUT2D eigenvalue weighted by Gasteiger charge is 2.26. The number of hydrogen-bond acceptors (Lipinski definition) is 6. The van der Waals surface area contributed by atoms with Crippen LogP contribution in [-0.4, -0.2) is 40.1 Å². The van der Waals surface area contributed by atoms with Gasteiger partial charge in [-0.2, -0.15) is 4.52 Å². The Kier molecular flexibility index (Phi) is 6.46. The summed E-state index contributed by atoms with van der Waals surface area (Å²) >= 11 is 1.45. The fourth-order valence-electron chi connectivity index (χ4n) is 3.32. The molecule has 8 heteroatoms. The molecule has 0 saturated carbocycles. The first-order chi connectivity index (χ1) is 13.0. The van der Waals surface area contributed by atoms with Gasteiger partial charge >= 0.3 is 0 Å². The predicted octanol–water partition coefficient (Wildman–Crippen LogP) is 2.48. The fraction of sp³-hybridized carbons (Fsp3) is 0.684. The van der Waals surface area contributed by atoms with Crippen molar-refractivity contribution in [2.45, 2.75) is 52.9 Å². The van der Waals surface area contributed by atoms with Crippen molar-refractivity contribution >= 4 is 27.3 Å². The van der Waals surface area contributed by atoms with E-state index in [1.54, 1.807) is 6.07 Å². The normalized spacial score (nSPS) is 15.6. The van der Waals surface area contributed by atoms with Crippen LogP contribution in [0.15, 0.2) is 10.9 Å². The maximum atomic E-state index is 12.3. The zero-order valence-electron chi connectivity index (χ0n) is 16.4. The summed E-state index contributed by atoms with van der Waals surface area (Å²) in [5.74, 6) is 0.836. The van der Waals surface area contributed by atoms with Gasteiger partial charge < -0.3 is 10.2 Å². The number of amides is 1. The number of nitrogens with zero attached hydrogens (tertiary/aromatic N) is 4. The van der Waals surface area contributed by atoms with E-state index in [9.17, 15) is 9.59 Å². The van der Waals surface area contributed by atoms with E-state index in [0.29, 0.717) is 10.9 Å². The Bertz CT molecular complexity index is 836. The number of fused-ring (bicyclic) bond motifs is 1. The molecule has 2 aromatic rings. The molecule has 0 atom stereocenters. The lowest BCUT2D eigenvalue weighted by Gasteiger charge is -2.30. The SMILES string of the molecule is CCCc1cc(=O)n2nc(N3CCC(C(=O)NCCC(C)C)CC3)sc2n1. The lowest BCUT2D eigenvalue weighted by Crippen LogP contribution is -2.41. The number of carbonyl (C=O) groups is 1. The number of carbonyl (C=O) groups excluding carboxylic acids is 1. The van der Waals surface area contributed by atoms with E-state index in [4.69, 9.17) is 0 Å². The van der Waals surface area contributed by atoms with E-state index in [0.717, 1.165) is 62.6 Å². The highest BCUT2D eigenvalue weighted by molar-refractivity contribution is 7.20. The molecule has 3 heterocycles. The second-order valence-electron chi connectivity index (χ2n) is 7.65. The van der Waals surface area contributed by atoms with Gasteiger partial charge in [0.05, 0.1) is 0 Å². The molecule has 0 unspecified atom stereocenters. The Balaban J connectivity index is 1.61. The van der Waals surface area contributed by atoms with Crippen LogP contribution in [0.25, 0.3) is 4.96 Å². The standard InChI is InChI=1S/C19H29N5O2S/c1-4-5-15-12-16(25)24-18(21-15)27-19(22-24)23-10-7-14(8-11-23)17(26)20-9-6-13(2)3/h12-14H,4-11H2,1-3H3,(H,20,26). The van der Waals surface area contributed by atoms with Crippen LogP contribution in [-0.2, 0) is 11.2 Å². The van der Waals surface area contributed by atoms with E-state index in [-0.39, 0.29) is 17.4 Å². The summed E-state index contributed by atoms with van der Waals surface area (Å²) in [6.07, 6.45) is 4.40. The molecule has 148 valence electrons. The molecule has 0 aromatic carbocycles. The van der Waals surface area contributed by atoms with Crippen molar-refractivity contribution in [2.24, 2.45) is 11.8 Å². The van der Waals surface area contributed by atoms with E-state index in [1.165, 1.54) is 15.9 Å². The molecular weight excluding hydrogens is 362 g/mol. The summed E-state index contributed by atoms with van der Waals surface area (Å²) in [5, 5.41) is 8.33. The summed E-state index contributed by atoms with van der Waals surface area (Å²) in [4.78, 5) is 31.9. The van der Waals surface area contributed by atoms with Gasteiger partial charge in [-0.1, -0.05) is 38.5 Å². The topological polar surface area (TPSA) is 79.6 Å². The molecule has 1 amide bonds. The van der Waals surface area contributed by atoms with Crippen molar-refractivity contribution in [3.05, 3.63) is 22.1 Å². The Morgan fingerprint density at radius 1 is 1.37 bits per heavy atom. The van der Waals surface area contributed by atoms with Gasteiger partial charge in [0.1, 0.15) is 0 Å². The van der Waals surface area contributed by atoms with Crippen LogP contribution in [0, 0.1) is 11.8 Å². The van der Waals surface area contributed by atoms with Gasteiger partial charge in [-0.15, -0.1) is 5.10 Å². The van der Waals surface area contributed by atoms with Gasteiger partial charge in [-0.3, -0.25) is 9.59 Å². The smallest absolute Gasteiger partial charge is 0.275 e. The van der Waals surface area contributed by atoms with Crippen LogP contribution in [0.5, 0.6) is 0 Å². The summed E-state index contributed by atoms with van der Waals surface area (Å²) in [6, 6.07) is 1.58. The molecule has 1 aliphatic heterocycles. The second kappa shape index (κ2) is 8.82. The van der Waals surface area contributed by atoms with Crippen molar-refractivity contribution < 1.29 is 4.79 Å². The Labute approximate surface area is 163 Å². The first-order valence-corrected chi connectivity index (χ1v) is 10.7. The molecule has 1 fully saturated rings. The number of aryl methyl sites for hydroxylation is 1. The van der Waals surface area contributed by atoms with Crippen LogP contribution in [0.4, 0.5) is 5.13 Å². The van der Waals surface area contributed by atoms with Crippen molar-refractivity contribution in [1.82, 2.24) is 19.9 Å². The van der Waals surface area contributed by atoms with Crippen molar-refractivity contribution in [3.8, 4) is 0 Å². The largest absolute Gasteiger partial charge is 0.356 e. The number of aromatic nitrogens is 3. The van der Waals surface area contributed by atoms with Crippen LogP contribution >= 0.6 is 11.3 Å². The maximum absolute atomic E-state index is 12.3. The number of piperidine rings is 1. The summed E-state index contributed by atoms with van der Waals surface area (Å²) < 4.78 is 1.39. The molecule has 0 bridgehead atoms. The molecule has 1 saturated heterocycles. The highest BCUT2D eigenvalue weighted by atomic mass is 32.1. The van der Waals surface area contributed by atoms with Crippen molar-refractivity contribution in [1.29, 1.82) is 0 Å². The summed E-state index contributed by atoms with van der Waals surface area (Å²) in [7, 11) is 0. The number of hydrogen-bond donors (Lipinski definition) is 1. The molecule has 1 N–H and O–H groups in total. The van der Waals surface area contributed by atoms with Gasteiger partial charge in [-0.25, -0.2) is 4.98 Å². The average molecular weight is 392 g/mol. The highest BCUT2D eigenvalue weighted by Crippen LogP contribution is 2.27. The lowest BCUT2D eigenvalue weighted by molar-refractivity contribution is -0.125. The monoisotopic (exact) mass is 391 g/mol. The summed E-state index contributed by atoms with van der Waals surface area (Å²) in [6.45, 7) is 8.70. The van der Waals surface area contributed by atoms with Gasteiger partial charge in [0.25, 0.3) is 5.56 Å². The fourth-order valence-corrected chi connectivity index (χ4v) is 4.30. The first-order valence-electron chi connectivity index (χ1n) is 9.90. The molecule has 7 nitrogen and oxygen atoms in total. The number of rotatable bonds is 7. The van der Waals surface area contributed by atoms with Gasteiger partial charge in [0.2, 0.25) is 16.0 Å². The molecular formula is C19H29N5O2S. The predicted molar refractivity (Wildman–Crippen MR) is 109 cm³/mol. The minimum Gasteiger partial charge on any atom is -0.356 e. The Morgan fingerprint density at radius 3 is 2.78 bits per heavy atom. The van der Waals surface area contributed by atoms with E-state index >= 15 is 0 Å². The third-order valence-electron chi connectivity index (χ3n) is 4.95. The van der Waals surface area contributed by atoms with Crippen molar-refractivity contribution in [3.63, 3.8) is 0 Å². The molecule has 2 aromatic heterocycles. The molecule has 0 radical (unpaired) electrons. The van der Waals surface area contributed by atoms with Crippen LogP contribution in [0.2, 0.25) is 0 Å². The number of nitrogens with one attached hydrogen (secondary N) is 1. The summed E-state index contributed by atoms with van der Waals surface area (Å²) in [5.41, 5.74) is 0.708. The molecule has 1 aliphatic rings. The Hall–Kier alpha value is -1.96. The van der Waals surface area contributed by atoms with Crippen LogP contribution in [0.3, 0.4) is 0 Å². The van der Waals surface area contributed by atoms with E-state index < -0.39 is 0 Å². The molecule has 0 aliphatic carbocycles. The third kappa shape index (κ3) is 4.86. The average Bonchev–Trinajstić information content (AvgIpc) is 3.06. The van der Waals surface area contributed by atoms with E-state index in [1.807, 2.05) is 0 Å². The third-order valence-corrected chi connectivity index (χ3v) is 5.92. The molecule has 3 rings (SSSR count). The van der Waals surface area contributed by atoms with Gasteiger partial charge in [-0.05, 0) is 31.6 Å². The van der Waals surface area contributed by atoms with Crippen LogP contribution < -0.4 is 15.8 Å². The minimum absolute atomic E-state index is 0.0693. The van der Waals surface area contributed by atoms with E-state index in [2.05, 4.69) is 41.1 Å². The van der Waals surface area contributed by atoms with Crippen LogP contribution in [0.1, 0.15) is 52.1 Å². The lowest BCUT2D eigenvalue weighted by atomic mass is 9.96. The second-order valence-corrected chi connectivity index (χ2v) is 8.58. The molecule has 27 heavy (non-hydrogen) atoms.